The van der Waals surface area contributed by atoms with Gasteiger partial charge in [-0.2, -0.15) is 4.80 Å². The highest BCUT2D eigenvalue weighted by molar-refractivity contribution is 5.70. The molecular weight excluding hydrogens is 360 g/mol. The van der Waals surface area contributed by atoms with E-state index in [-0.39, 0.29) is 16.8 Å². The normalized spacial score (nSPS) is 15.3. The van der Waals surface area contributed by atoms with E-state index in [1.807, 2.05) is 37.3 Å². The molecule has 1 aliphatic rings. The number of hydrogen-bond donors (Lipinski definition) is 0. The molecule has 1 aromatic carbocycles. The van der Waals surface area contributed by atoms with Crippen molar-refractivity contribution in [3.8, 4) is 5.69 Å². The molecule has 0 atom stereocenters. The molecule has 0 saturated carbocycles. The van der Waals surface area contributed by atoms with E-state index in [0.717, 1.165) is 32.8 Å². The molecule has 0 amide bonds. The molecule has 3 aromatic rings. The van der Waals surface area contributed by atoms with E-state index in [9.17, 15) is 9.59 Å². The molecule has 0 N–H and O–H groups in total. The maximum atomic E-state index is 13.0. The Balaban J connectivity index is 1.78. The first kappa shape index (κ1) is 18.6. The van der Waals surface area contributed by atoms with Crippen LogP contribution in [0.4, 0.5) is 0 Å². The van der Waals surface area contributed by atoms with Gasteiger partial charge in [-0.15, -0.1) is 10.2 Å². The molecule has 9 heteroatoms. The third-order valence-corrected chi connectivity index (χ3v) is 4.90. The van der Waals surface area contributed by atoms with Crippen LogP contribution in [0.25, 0.3) is 16.9 Å². The van der Waals surface area contributed by atoms with Crippen LogP contribution >= 0.6 is 0 Å². The summed E-state index contributed by atoms with van der Waals surface area (Å²) in [5.74, 6) is 0. The van der Waals surface area contributed by atoms with E-state index in [1.54, 1.807) is 0 Å². The van der Waals surface area contributed by atoms with E-state index in [0.29, 0.717) is 30.8 Å². The van der Waals surface area contributed by atoms with E-state index in [1.165, 1.54) is 13.9 Å². The van der Waals surface area contributed by atoms with Crippen LogP contribution in [-0.2, 0) is 17.8 Å². The predicted molar refractivity (Wildman–Crippen MR) is 105 cm³/mol. The fourth-order valence-corrected chi connectivity index (χ4v) is 3.44. The van der Waals surface area contributed by atoms with Crippen molar-refractivity contribution in [3.05, 3.63) is 51.2 Å². The summed E-state index contributed by atoms with van der Waals surface area (Å²) in [6, 6.07) is 9.24. The second-order valence-electron chi connectivity index (χ2n) is 6.83. The van der Waals surface area contributed by atoms with E-state index in [4.69, 9.17) is 4.74 Å². The zero-order chi connectivity index (χ0) is 19.5. The summed E-state index contributed by atoms with van der Waals surface area (Å²) in [6.45, 7) is 6.79. The molecule has 0 bridgehead atoms. The van der Waals surface area contributed by atoms with Gasteiger partial charge in [0, 0.05) is 26.2 Å². The fraction of sp³-hybridized carbons (Fsp3) is 0.474. The van der Waals surface area contributed by atoms with Gasteiger partial charge in [-0.1, -0.05) is 25.1 Å². The zero-order valence-corrected chi connectivity index (χ0v) is 16.0. The minimum absolute atomic E-state index is 0.221. The Hall–Kier alpha value is -2.78. The van der Waals surface area contributed by atoms with Gasteiger partial charge in [0.05, 0.1) is 25.4 Å². The topological polar surface area (TPSA) is 87.2 Å². The predicted octanol–water partition coefficient (Wildman–Crippen LogP) is 0.486. The average Bonchev–Trinajstić information content (AvgIpc) is 3.15. The lowest BCUT2D eigenvalue weighted by atomic mass is 10.3. The number of hydrogen-bond acceptors (Lipinski definition) is 6. The van der Waals surface area contributed by atoms with Gasteiger partial charge in [0.1, 0.15) is 0 Å². The number of rotatable bonds is 6. The van der Waals surface area contributed by atoms with Crippen LogP contribution in [0.3, 0.4) is 0 Å². The Bertz CT molecular complexity index is 1060. The molecule has 148 valence electrons. The van der Waals surface area contributed by atoms with Crippen molar-refractivity contribution in [2.24, 2.45) is 0 Å². The van der Waals surface area contributed by atoms with E-state index >= 15 is 0 Å². The Morgan fingerprint density at radius 3 is 2.46 bits per heavy atom. The summed E-state index contributed by atoms with van der Waals surface area (Å²) in [6.07, 6.45) is 0.681. The second kappa shape index (κ2) is 8.07. The van der Waals surface area contributed by atoms with Crippen molar-refractivity contribution < 1.29 is 4.74 Å². The van der Waals surface area contributed by atoms with Crippen molar-refractivity contribution >= 4 is 11.2 Å². The number of fused-ring (bicyclic) bond motifs is 1. The SMILES string of the molecule is CCCn1c(=O)c2nn(CCN3CCOCC3)nc2n(-c2ccccc2)c1=O. The lowest BCUT2D eigenvalue weighted by Crippen LogP contribution is -2.39. The molecule has 4 rings (SSSR count). The smallest absolute Gasteiger partial charge is 0.337 e. The lowest BCUT2D eigenvalue weighted by molar-refractivity contribution is 0.0355. The minimum atomic E-state index is -0.384. The van der Waals surface area contributed by atoms with Crippen LogP contribution in [0.15, 0.2) is 39.9 Å². The first-order valence-electron chi connectivity index (χ1n) is 9.65. The van der Waals surface area contributed by atoms with Crippen LogP contribution in [0.2, 0.25) is 0 Å². The summed E-state index contributed by atoms with van der Waals surface area (Å²) >= 11 is 0. The first-order chi connectivity index (χ1) is 13.7. The summed E-state index contributed by atoms with van der Waals surface area (Å²) in [7, 11) is 0. The molecule has 2 aromatic heterocycles. The van der Waals surface area contributed by atoms with Crippen LogP contribution in [0.5, 0.6) is 0 Å². The standard InChI is InChI=1S/C19H24N6O3/c1-2-8-23-18(26)16-17(25(19(23)27)15-6-4-3-5-7-15)21-24(20-16)10-9-22-11-13-28-14-12-22/h3-7H,2,8-14H2,1H3. The van der Waals surface area contributed by atoms with Gasteiger partial charge >= 0.3 is 5.69 Å². The largest absolute Gasteiger partial charge is 0.379 e. The van der Waals surface area contributed by atoms with Crippen molar-refractivity contribution in [3.63, 3.8) is 0 Å². The number of aromatic nitrogens is 5. The summed E-state index contributed by atoms with van der Waals surface area (Å²) in [5.41, 5.74) is 0.425. The molecule has 1 aliphatic heterocycles. The van der Waals surface area contributed by atoms with Gasteiger partial charge in [0.15, 0.2) is 11.2 Å². The number of nitrogens with zero attached hydrogens (tertiary/aromatic N) is 6. The van der Waals surface area contributed by atoms with Gasteiger partial charge in [0.25, 0.3) is 5.56 Å². The Kier molecular flexibility index (Phi) is 5.36. The molecular formula is C19H24N6O3. The Labute approximate surface area is 161 Å². The van der Waals surface area contributed by atoms with Crippen molar-refractivity contribution in [2.45, 2.75) is 26.4 Å². The fourth-order valence-electron chi connectivity index (χ4n) is 3.44. The van der Waals surface area contributed by atoms with Gasteiger partial charge < -0.3 is 4.74 Å². The highest BCUT2D eigenvalue weighted by atomic mass is 16.5. The minimum Gasteiger partial charge on any atom is -0.379 e. The quantitative estimate of drug-likeness (QED) is 0.615. The van der Waals surface area contributed by atoms with Gasteiger partial charge in [-0.3, -0.25) is 14.3 Å². The molecule has 0 radical (unpaired) electrons. The Morgan fingerprint density at radius 2 is 1.75 bits per heavy atom. The van der Waals surface area contributed by atoms with Crippen LogP contribution < -0.4 is 11.2 Å². The van der Waals surface area contributed by atoms with E-state index < -0.39 is 0 Å². The molecule has 28 heavy (non-hydrogen) atoms. The van der Waals surface area contributed by atoms with Gasteiger partial charge in [0.2, 0.25) is 0 Å². The highest BCUT2D eigenvalue weighted by Gasteiger charge is 2.19. The molecule has 9 nitrogen and oxygen atoms in total. The van der Waals surface area contributed by atoms with Crippen LogP contribution in [0, 0.1) is 0 Å². The Morgan fingerprint density at radius 1 is 1.00 bits per heavy atom. The molecule has 0 aliphatic carbocycles. The van der Waals surface area contributed by atoms with Crippen molar-refractivity contribution in [1.29, 1.82) is 0 Å². The number of para-hydroxylation sites is 1. The van der Waals surface area contributed by atoms with E-state index in [2.05, 4.69) is 15.1 Å². The molecule has 1 fully saturated rings. The maximum Gasteiger partial charge on any atom is 0.337 e. The van der Waals surface area contributed by atoms with Crippen LogP contribution in [0.1, 0.15) is 13.3 Å². The zero-order valence-electron chi connectivity index (χ0n) is 16.0. The van der Waals surface area contributed by atoms with Crippen molar-refractivity contribution in [2.75, 3.05) is 32.8 Å². The number of morpholine rings is 1. The third kappa shape index (κ3) is 3.50. The van der Waals surface area contributed by atoms with Crippen molar-refractivity contribution in [1.82, 2.24) is 29.0 Å². The summed E-state index contributed by atoms with van der Waals surface area (Å²) in [4.78, 5) is 29.7. The molecule has 3 heterocycles. The summed E-state index contributed by atoms with van der Waals surface area (Å²) < 4.78 is 8.09. The van der Waals surface area contributed by atoms with Gasteiger partial charge in [-0.05, 0) is 18.6 Å². The first-order valence-corrected chi connectivity index (χ1v) is 9.65. The average molecular weight is 384 g/mol. The third-order valence-electron chi connectivity index (χ3n) is 4.90. The monoisotopic (exact) mass is 384 g/mol. The molecule has 0 spiro atoms. The second-order valence-corrected chi connectivity index (χ2v) is 6.83. The van der Waals surface area contributed by atoms with Crippen LogP contribution in [-0.4, -0.2) is 61.9 Å². The number of benzene rings is 1. The summed E-state index contributed by atoms with van der Waals surface area (Å²) in [5, 5.41) is 8.92. The lowest BCUT2D eigenvalue weighted by Gasteiger charge is -2.25. The molecule has 1 saturated heterocycles. The highest BCUT2D eigenvalue weighted by Crippen LogP contribution is 2.11. The maximum absolute atomic E-state index is 13.0. The molecule has 0 unspecified atom stereocenters. The van der Waals surface area contributed by atoms with Gasteiger partial charge in [-0.25, -0.2) is 9.36 Å². The number of ether oxygens (including phenoxy) is 1.